The van der Waals surface area contributed by atoms with Crippen LogP contribution in [0.5, 0.6) is 0 Å². The summed E-state index contributed by atoms with van der Waals surface area (Å²) < 4.78 is 0. The first-order valence-corrected chi connectivity index (χ1v) is 8.24. The summed E-state index contributed by atoms with van der Waals surface area (Å²) in [5.74, 6) is 2.31. The van der Waals surface area contributed by atoms with Gasteiger partial charge in [-0.15, -0.1) is 11.3 Å². The van der Waals surface area contributed by atoms with Crippen molar-refractivity contribution >= 4 is 27.4 Å². The number of anilines is 1. The van der Waals surface area contributed by atoms with Gasteiger partial charge in [-0.05, 0) is 31.2 Å². The predicted molar refractivity (Wildman–Crippen MR) is 83.4 cm³/mol. The van der Waals surface area contributed by atoms with E-state index in [1.807, 2.05) is 6.92 Å². The molecule has 2 unspecified atom stereocenters. The molecule has 2 aromatic heterocycles. The fourth-order valence-corrected chi connectivity index (χ4v) is 3.66. The maximum absolute atomic E-state index is 9.86. The van der Waals surface area contributed by atoms with E-state index in [1.165, 1.54) is 0 Å². The van der Waals surface area contributed by atoms with Crippen molar-refractivity contribution in [2.45, 2.75) is 39.2 Å². The van der Waals surface area contributed by atoms with Crippen molar-refractivity contribution in [3.05, 3.63) is 17.3 Å². The largest absolute Gasteiger partial charge is 0.393 e. The molecular formula is C15H21N3OS. The number of fused-ring (bicyclic) bond motifs is 1. The second-order valence-corrected chi connectivity index (χ2v) is 6.44. The van der Waals surface area contributed by atoms with Gasteiger partial charge in [-0.2, -0.15) is 0 Å². The zero-order valence-electron chi connectivity index (χ0n) is 12.0. The van der Waals surface area contributed by atoms with Gasteiger partial charge in [0.2, 0.25) is 0 Å². The van der Waals surface area contributed by atoms with Crippen LogP contribution in [0.15, 0.2) is 11.4 Å². The maximum Gasteiger partial charge on any atom is 0.141 e. The second-order valence-electron chi connectivity index (χ2n) is 5.55. The molecule has 5 heteroatoms. The van der Waals surface area contributed by atoms with Crippen LogP contribution in [-0.4, -0.2) is 34.3 Å². The second kappa shape index (κ2) is 5.66. The molecule has 20 heavy (non-hydrogen) atoms. The van der Waals surface area contributed by atoms with Gasteiger partial charge in [0, 0.05) is 25.4 Å². The Labute approximate surface area is 123 Å². The number of aliphatic hydroxyl groups is 1. The molecule has 0 saturated carbocycles. The van der Waals surface area contributed by atoms with Crippen LogP contribution >= 0.6 is 11.3 Å². The lowest BCUT2D eigenvalue weighted by Gasteiger charge is -2.35. The number of aliphatic hydroxyl groups excluding tert-OH is 1. The summed E-state index contributed by atoms with van der Waals surface area (Å²) in [6.07, 6.45) is 2.83. The van der Waals surface area contributed by atoms with Crippen molar-refractivity contribution in [3.8, 4) is 0 Å². The molecule has 1 aliphatic rings. The van der Waals surface area contributed by atoms with E-state index in [2.05, 4.69) is 28.3 Å². The molecule has 108 valence electrons. The Kier molecular flexibility index (Phi) is 3.89. The smallest absolute Gasteiger partial charge is 0.141 e. The van der Waals surface area contributed by atoms with Gasteiger partial charge in [-0.25, -0.2) is 9.97 Å². The van der Waals surface area contributed by atoms with E-state index in [9.17, 15) is 5.11 Å². The molecule has 2 atom stereocenters. The molecule has 3 rings (SSSR count). The van der Waals surface area contributed by atoms with Gasteiger partial charge in [-0.3, -0.25) is 0 Å². The van der Waals surface area contributed by atoms with E-state index in [0.717, 1.165) is 54.2 Å². The zero-order valence-corrected chi connectivity index (χ0v) is 12.9. The minimum Gasteiger partial charge on any atom is -0.393 e. The summed E-state index contributed by atoms with van der Waals surface area (Å²) in [5, 5.41) is 13.1. The number of thiophene rings is 1. The van der Waals surface area contributed by atoms with E-state index >= 15 is 0 Å². The standard InChI is InChI=1S/C15H21N3OS/c1-3-13-16-14(12-6-8-20-15(12)17-13)18-7-4-5-11(9-18)10(2)19/h6,8,10-11,19H,3-5,7,9H2,1-2H3. The summed E-state index contributed by atoms with van der Waals surface area (Å²) in [6.45, 7) is 5.90. The number of nitrogens with zero attached hydrogens (tertiary/aromatic N) is 3. The van der Waals surface area contributed by atoms with Crippen LogP contribution in [-0.2, 0) is 6.42 Å². The Bertz CT molecular complexity index is 596. The van der Waals surface area contributed by atoms with E-state index in [4.69, 9.17) is 4.98 Å². The molecule has 4 nitrogen and oxygen atoms in total. The predicted octanol–water partition coefficient (Wildman–Crippen LogP) is 2.85. The molecule has 1 saturated heterocycles. The summed E-state index contributed by atoms with van der Waals surface area (Å²) in [4.78, 5) is 12.7. The van der Waals surface area contributed by atoms with E-state index in [1.54, 1.807) is 11.3 Å². The third-order valence-corrected chi connectivity index (χ3v) is 4.91. The van der Waals surface area contributed by atoms with E-state index in [-0.39, 0.29) is 6.10 Å². The molecule has 0 amide bonds. The van der Waals surface area contributed by atoms with E-state index < -0.39 is 0 Å². The molecular weight excluding hydrogens is 270 g/mol. The Morgan fingerprint density at radius 3 is 3.10 bits per heavy atom. The number of aryl methyl sites for hydroxylation is 1. The van der Waals surface area contributed by atoms with Crippen molar-refractivity contribution in [1.82, 2.24) is 9.97 Å². The van der Waals surface area contributed by atoms with Crippen molar-refractivity contribution in [2.24, 2.45) is 5.92 Å². The summed E-state index contributed by atoms with van der Waals surface area (Å²) in [7, 11) is 0. The van der Waals surface area contributed by atoms with Crippen LogP contribution in [0.3, 0.4) is 0 Å². The van der Waals surface area contributed by atoms with Crippen molar-refractivity contribution < 1.29 is 5.11 Å². The SMILES string of the molecule is CCc1nc(N2CCCC(C(C)O)C2)c2ccsc2n1. The first kappa shape index (κ1) is 13.8. The number of aromatic nitrogens is 2. The summed E-state index contributed by atoms with van der Waals surface area (Å²) in [6, 6.07) is 2.11. The first-order chi connectivity index (χ1) is 9.69. The number of hydrogen-bond donors (Lipinski definition) is 1. The van der Waals surface area contributed by atoms with Gasteiger partial charge in [0.15, 0.2) is 0 Å². The first-order valence-electron chi connectivity index (χ1n) is 7.36. The highest BCUT2D eigenvalue weighted by atomic mass is 32.1. The monoisotopic (exact) mass is 291 g/mol. The average Bonchev–Trinajstić information content (AvgIpc) is 2.94. The molecule has 0 spiro atoms. The highest BCUT2D eigenvalue weighted by Crippen LogP contribution is 2.31. The minimum atomic E-state index is -0.247. The molecule has 1 aliphatic heterocycles. The fraction of sp³-hybridized carbons (Fsp3) is 0.600. The average molecular weight is 291 g/mol. The van der Waals surface area contributed by atoms with Crippen molar-refractivity contribution in [1.29, 1.82) is 0 Å². The Morgan fingerprint density at radius 2 is 2.35 bits per heavy atom. The summed E-state index contributed by atoms with van der Waals surface area (Å²) >= 11 is 1.67. The minimum absolute atomic E-state index is 0.247. The Morgan fingerprint density at radius 1 is 1.50 bits per heavy atom. The van der Waals surface area contributed by atoms with Gasteiger partial charge in [0.1, 0.15) is 16.5 Å². The van der Waals surface area contributed by atoms with Crippen LogP contribution < -0.4 is 4.90 Å². The van der Waals surface area contributed by atoms with Crippen LogP contribution in [0.4, 0.5) is 5.82 Å². The topological polar surface area (TPSA) is 49.2 Å². The fourth-order valence-electron chi connectivity index (χ4n) is 2.88. The Balaban J connectivity index is 1.98. The number of piperidine rings is 1. The molecule has 2 aromatic rings. The lowest BCUT2D eigenvalue weighted by molar-refractivity contribution is 0.115. The third-order valence-electron chi connectivity index (χ3n) is 4.11. The van der Waals surface area contributed by atoms with Crippen LogP contribution in [0, 0.1) is 5.92 Å². The maximum atomic E-state index is 9.86. The molecule has 1 fully saturated rings. The van der Waals surface area contributed by atoms with Crippen LogP contribution in [0.2, 0.25) is 0 Å². The van der Waals surface area contributed by atoms with Crippen molar-refractivity contribution in [2.75, 3.05) is 18.0 Å². The highest BCUT2D eigenvalue weighted by molar-refractivity contribution is 7.16. The molecule has 3 heterocycles. The summed E-state index contributed by atoms with van der Waals surface area (Å²) in [5.41, 5.74) is 0. The van der Waals surface area contributed by atoms with E-state index in [0.29, 0.717) is 5.92 Å². The lowest BCUT2D eigenvalue weighted by Crippen LogP contribution is -2.40. The normalized spacial score (nSPS) is 21.4. The molecule has 0 aliphatic carbocycles. The molecule has 0 bridgehead atoms. The van der Waals surface area contributed by atoms with Gasteiger partial charge in [-0.1, -0.05) is 6.92 Å². The van der Waals surface area contributed by atoms with Gasteiger partial charge < -0.3 is 10.0 Å². The van der Waals surface area contributed by atoms with Gasteiger partial charge in [0.05, 0.1) is 11.5 Å². The van der Waals surface area contributed by atoms with Crippen molar-refractivity contribution in [3.63, 3.8) is 0 Å². The lowest BCUT2D eigenvalue weighted by atomic mass is 9.93. The van der Waals surface area contributed by atoms with Crippen LogP contribution in [0.25, 0.3) is 10.2 Å². The van der Waals surface area contributed by atoms with Gasteiger partial charge in [0.25, 0.3) is 0 Å². The zero-order chi connectivity index (χ0) is 14.1. The van der Waals surface area contributed by atoms with Crippen LogP contribution in [0.1, 0.15) is 32.5 Å². The number of hydrogen-bond acceptors (Lipinski definition) is 5. The Hall–Kier alpha value is -1.20. The molecule has 0 aromatic carbocycles. The molecule has 0 radical (unpaired) electrons. The molecule has 1 N–H and O–H groups in total. The highest BCUT2D eigenvalue weighted by Gasteiger charge is 2.25. The number of rotatable bonds is 3. The quantitative estimate of drug-likeness (QED) is 0.944. The third kappa shape index (κ3) is 2.52. The van der Waals surface area contributed by atoms with Gasteiger partial charge >= 0.3 is 0 Å².